The lowest BCUT2D eigenvalue weighted by Gasteiger charge is -2.39. The van der Waals surface area contributed by atoms with Gasteiger partial charge >= 0.3 is 5.97 Å². The van der Waals surface area contributed by atoms with Gasteiger partial charge in [-0.15, -0.1) is 0 Å². The van der Waals surface area contributed by atoms with Gasteiger partial charge in [0.1, 0.15) is 54.4 Å². The topological polar surface area (TPSA) is 577 Å². The van der Waals surface area contributed by atoms with Crippen LogP contribution in [-0.4, -0.2) is 216 Å². The van der Waals surface area contributed by atoms with Gasteiger partial charge in [0.05, 0.1) is 25.6 Å². The fourth-order valence-electron chi connectivity index (χ4n) is 10.4. The molecule has 1 aliphatic carbocycles. The summed E-state index contributed by atoms with van der Waals surface area (Å²) < 4.78 is 0. The van der Waals surface area contributed by atoms with Gasteiger partial charge in [-0.3, -0.25) is 78.6 Å². The van der Waals surface area contributed by atoms with Crippen molar-refractivity contribution >= 4 is 120 Å². The summed E-state index contributed by atoms with van der Waals surface area (Å²) in [5, 5.41) is 66.0. The van der Waals surface area contributed by atoms with Crippen molar-refractivity contribution in [3.8, 4) is 0 Å². The second kappa shape index (κ2) is 46.3. The lowest BCUT2D eigenvalue weighted by atomic mass is 9.92. The zero-order valence-corrected chi connectivity index (χ0v) is 58.6. The van der Waals surface area contributed by atoms with E-state index in [1.807, 2.05) is 6.29 Å². The predicted molar refractivity (Wildman–Crippen MR) is 375 cm³/mol. The van der Waals surface area contributed by atoms with Gasteiger partial charge in [0.25, 0.3) is 0 Å². The summed E-state index contributed by atoms with van der Waals surface area (Å²) in [6, 6.07) is -5.48. The minimum Gasteiger partial charge on any atom is -0.481 e. The molecular formula is C62H104N21O14S2. The van der Waals surface area contributed by atoms with Gasteiger partial charge in [0, 0.05) is 43.6 Å². The van der Waals surface area contributed by atoms with Gasteiger partial charge < -0.3 is 102 Å². The summed E-state index contributed by atoms with van der Waals surface area (Å²) in [5.41, 5.74) is 22.7. The van der Waals surface area contributed by atoms with Crippen molar-refractivity contribution in [3.63, 3.8) is 0 Å². The number of hydrogen-bond donors (Lipinski definition) is 23. The Labute approximate surface area is 587 Å². The summed E-state index contributed by atoms with van der Waals surface area (Å²) in [4.78, 5) is 179. The van der Waals surface area contributed by atoms with Crippen LogP contribution in [0.3, 0.4) is 0 Å². The number of hydrogen-bond acceptors (Lipinski definition) is 19. The molecule has 25 N–H and O–H groups in total. The normalized spacial score (nSPS) is 15.6. The van der Waals surface area contributed by atoms with Crippen LogP contribution in [0, 0.1) is 28.1 Å². The highest BCUT2D eigenvalue weighted by Gasteiger charge is 2.40. The van der Waals surface area contributed by atoms with Crippen molar-refractivity contribution in [1.29, 1.82) is 16.2 Å². The molecule has 1 fully saturated rings. The predicted octanol–water partition coefficient (Wildman–Crippen LogP) is -4.46. The Morgan fingerprint density at radius 2 is 0.990 bits per heavy atom. The zero-order valence-electron chi connectivity index (χ0n) is 56.9. The monoisotopic (exact) mass is 1430 g/mol. The molecule has 37 heteroatoms. The van der Waals surface area contributed by atoms with Crippen molar-refractivity contribution < 1.29 is 67.4 Å². The molecule has 1 aliphatic rings. The number of guanidine groups is 3. The summed E-state index contributed by atoms with van der Waals surface area (Å²) >= 11 is 8.31. The number of carboxylic acid groups (broad SMARTS) is 1. The molecule has 0 spiro atoms. The zero-order chi connectivity index (χ0) is 74.3. The van der Waals surface area contributed by atoms with Crippen LogP contribution < -0.4 is 92.1 Å². The average molecular weight is 1430 g/mol. The highest BCUT2D eigenvalue weighted by Crippen LogP contribution is 2.26. The highest BCUT2D eigenvalue weighted by molar-refractivity contribution is 7.80. The number of aliphatic carboxylic acids is 1. The molecule has 99 heavy (non-hydrogen) atoms. The molecule has 0 aliphatic heterocycles. The molecule has 1 aromatic rings. The molecule has 553 valence electrons. The van der Waals surface area contributed by atoms with Gasteiger partial charge in [-0.1, -0.05) is 90.1 Å². The van der Waals surface area contributed by atoms with Gasteiger partial charge in [-0.05, 0) is 75.7 Å². The molecule has 0 saturated heterocycles. The second-order valence-corrected chi connectivity index (χ2v) is 24.9. The Morgan fingerprint density at radius 1 is 0.545 bits per heavy atom. The first-order chi connectivity index (χ1) is 46.9. The van der Waals surface area contributed by atoms with Crippen molar-refractivity contribution in [3.05, 3.63) is 35.9 Å². The second-order valence-electron chi connectivity index (χ2n) is 24.2. The summed E-state index contributed by atoms with van der Waals surface area (Å²) in [5.74, 6) is -13.7. The lowest BCUT2D eigenvalue weighted by Crippen LogP contribution is -2.62. The number of thiol groups is 2. The summed E-state index contributed by atoms with van der Waals surface area (Å²) in [7, 11) is 0. The van der Waals surface area contributed by atoms with E-state index in [-0.39, 0.29) is 101 Å². The number of carboxylic acids is 1. The Morgan fingerprint density at radius 3 is 1.45 bits per heavy atom. The number of nitrogens with one attached hydrogen (secondary N) is 16. The Hall–Kier alpha value is -9.00. The number of nitrogens with two attached hydrogens (primary N) is 4. The molecule has 1 radical (unpaired) electrons. The first-order valence-corrected chi connectivity index (χ1v) is 34.3. The maximum absolute atomic E-state index is 14.8. The van der Waals surface area contributed by atoms with E-state index in [2.05, 4.69) is 94.4 Å². The Balaban J connectivity index is 2.53. The maximum atomic E-state index is 14.8. The molecule has 2 rings (SSSR count). The van der Waals surface area contributed by atoms with Crippen LogP contribution in [0.15, 0.2) is 30.3 Å². The van der Waals surface area contributed by atoms with Crippen LogP contribution in [0.2, 0.25) is 0 Å². The van der Waals surface area contributed by atoms with E-state index in [1.54, 1.807) is 58.0 Å². The third kappa shape index (κ3) is 32.5. The molecule has 0 bridgehead atoms. The van der Waals surface area contributed by atoms with E-state index in [9.17, 15) is 67.4 Å². The Kier molecular flexibility index (Phi) is 40.3. The number of carbonyl (C=O) groups excluding carboxylic acids is 12. The largest absolute Gasteiger partial charge is 0.481 e. The first-order valence-electron chi connectivity index (χ1n) is 33.0. The van der Waals surface area contributed by atoms with Gasteiger partial charge in [0.2, 0.25) is 71.3 Å². The fraction of sp³-hybridized carbons (Fsp3) is 0.645. The van der Waals surface area contributed by atoms with Gasteiger partial charge in [-0.25, -0.2) is 0 Å². The van der Waals surface area contributed by atoms with Crippen LogP contribution in [0.1, 0.15) is 130 Å². The van der Waals surface area contributed by atoms with E-state index < -0.39 is 175 Å². The summed E-state index contributed by atoms with van der Waals surface area (Å²) in [6.07, 6.45) is 4.92. The maximum Gasteiger partial charge on any atom is 0.305 e. The van der Waals surface area contributed by atoms with E-state index in [0.717, 1.165) is 19.3 Å². The number of rotatable bonds is 46. The molecular weight excluding hydrogens is 1330 g/mol. The molecule has 11 amide bonds. The van der Waals surface area contributed by atoms with Crippen molar-refractivity contribution in [2.24, 2.45) is 34.8 Å². The third-order valence-corrected chi connectivity index (χ3v) is 17.1. The minimum absolute atomic E-state index is 0.00723. The standard InChI is InChI=1S/C62H104N21O14S2/c1-6-34(3)49(57(95)79-44(27-37-17-10-8-11-18-37)55(93)78-43(23-16-26-72-62(68)69)59(97)83(39(31-84)32-98)38-19-12-9-13-20-38)82-54(92)42(22-15-25-71-61(66)67)77-56(94)45(28-48(87)88)80-58(96)50(35(4)7-2)81-53(91)41(21-14-24-70-60(64)65)76-47(86)30-73-46(85)29-74-51(89)36(5)75-52(90)40(63)33-99/h8,10-11,17-18,34-36,38-45,49-50,98-99H,6-7,9,12-16,19-30,32-33,63H2,1-5H3,(H,73,85)(H,74,89)(H,75,90)(H,76,86)(H,77,94)(H,78,93)(H,79,95)(H,80,96)(H,81,91)(H,82,92)(H,87,88)(H4,64,65,70)(H4,66,67,71)(H4,68,69,72)/t34-,35-,36-,39+,40-,41-,42-,43-,44-,45-,49-,50-/m0/s1. The van der Waals surface area contributed by atoms with Crippen molar-refractivity contribution in [2.75, 3.05) is 44.2 Å². The number of carbonyl (C=O) groups is 12. The molecule has 0 heterocycles. The third-order valence-electron chi connectivity index (χ3n) is 16.4. The van der Waals surface area contributed by atoms with E-state index in [4.69, 9.17) is 39.2 Å². The fourth-order valence-corrected chi connectivity index (χ4v) is 10.8. The van der Waals surface area contributed by atoms with E-state index in [1.165, 1.54) is 11.8 Å². The number of nitrogens with zero attached hydrogens (tertiary/aromatic N) is 1. The quantitative estimate of drug-likeness (QED) is 0.0127. The number of amides is 11. The van der Waals surface area contributed by atoms with E-state index >= 15 is 0 Å². The lowest BCUT2D eigenvalue weighted by molar-refractivity contribution is -0.142. The molecule has 35 nitrogen and oxygen atoms in total. The summed E-state index contributed by atoms with van der Waals surface area (Å²) in [6.45, 7) is 6.81. The van der Waals surface area contributed by atoms with Crippen LogP contribution >= 0.6 is 25.3 Å². The Bertz CT molecular complexity index is 2900. The highest BCUT2D eigenvalue weighted by atomic mass is 32.1. The molecule has 0 aromatic heterocycles. The van der Waals surface area contributed by atoms with Crippen LogP contribution in [0.4, 0.5) is 0 Å². The minimum atomic E-state index is -1.94. The van der Waals surface area contributed by atoms with Gasteiger partial charge in [-0.2, -0.15) is 25.3 Å². The average Bonchev–Trinajstić information content (AvgIpc) is 0.851. The van der Waals surface area contributed by atoms with E-state index in [0.29, 0.717) is 18.4 Å². The molecule has 12 atom stereocenters. The number of benzene rings is 1. The van der Waals surface area contributed by atoms with Crippen LogP contribution in [-0.2, 0) is 68.7 Å². The SMILES string of the molecule is CC[C@H](C)[C@H](NC(=O)[C@H](CCCNC(=N)N)NC(=O)CNC(=O)CNC(=O)[C@H](C)NC(=O)[C@@H](N)CS)C(=O)N[C@@H](CC(=O)O)C(=O)N[C@@H](CCCNC(=N)N)C(=O)N[C@H](C(=O)N[C@@H](Cc1ccccc1)C(=O)N[C@@H](CCCNC(=N)N)C(=O)N(C1CCCCC1)[C@H]([C]=O)CS)[C@@H](C)CC. The molecule has 0 unspecified atom stereocenters. The van der Waals surface area contributed by atoms with Crippen molar-refractivity contribution in [2.45, 2.75) is 197 Å². The van der Waals surface area contributed by atoms with Crippen LogP contribution in [0.5, 0.6) is 0 Å². The first kappa shape index (κ1) is 86.1. The van der Waals surface area contributed by atoms with Crippen molar-refractivity contribution in [1.82, 2.24) is 74.0 Å². The molecule has 1 saturated carbocycles. The smallest absolute Gasteiger partial charge is 0.305 e. The van der Waals surface area contributed by atoms with Gasteiger partial charge in [0.15, 0.2) is 17.9 Å². The molecule has 1 aromatic carbocycles. The van der Waals surface area contributed by atoms with Crippen LogP contribution in [0.25, 0.3) is 0 Å².